The fourth-order valence-corrected chi connectivity index (χ4v) is 1.24. The van der Waals surface area contributed by atoms with Crippen LogP contribution in [0.3, 0.4) is 0 Å². The third-order valence-corrected chi connectivity index (χ3v) is 1.71. The van der Waals surface area contributed by atoms with Gasteiger partial charge in [0, 0.05) is 0 Å². The predicted octanol–water partition coefficient (Wildman–Crippen LogP) is 0.474. The van der Waals surface area contributed by atoms with Gasteiger partial charge in [-0.15, -0.1) is 21.5 Å². The molecule has 1 N–H and O–H groups in total. The second-order valence-electron chi connectivity index (χ2n) is 1.79. The minimum absolute atomic E-state index is 0.0223. The van der Waals surface area contributed by atoms with Gasteiger partial charge >= 0.3 is 5.97 Å². The van der Waals surface area contributed by atoms with Crippen LogP contribution in [0.2, 0.25) is 0 Å². The number of carboxylic acid groups (broad SMARTS) is 1. The second kappa shape index (κ2) is 2.74. The third kappa shape index (κ3) is 1.77. The molecule has 0 aromatic carbocycles. The number of nitrogens with zero attached hydrogens (tertiary/aromatic N) is 2. The maximum absolute atomic E-state index is 10.1. The van der Waals surface area contributed by atoms with Crippen LogP contribution in [0.4, 0.5) is 0 Å². The van der Waals surface area contributed by atoms with Crippen molar-refractivity contribution in [3.05, 3.63) is 10.0 Å². The number of aryl methyl sites for hydroxylation is 1. The molecule has 0 saturated carbocycles. The van der Waals surface area contributed by atoms with E-state index in [1.54, 1.807) is 6.92 Å². The first kappa shape index (κ1) is 7.14. The lowest BCUT2D eigenvalue weighted by molar-refractivity contribution is -0.136. The second-order valence-corrected chi connectivity index (χ2v) is 3.05. The summed E-state index contributed by atoms with van der Waals surface area (Å²) < 4.78 is 0. The summed E-state index contributed by atoms with van der Waals surface area (Å²) in [4.78, 5) is 10.1. The molecule has 1 heterocycles. The highest BCUT2D eigenvalue weighted by Gasteiger charge is 2.04. The quantitative estimate of drug-likeness (QED) is 0.679. The van der Waals surface area contributed by atoms with Crippen molar-refractivity contribution in [3.8, 4) is 0 Å². The van der Waals surface area contributed by atoms with Crippen LogP contribution in [0.25, 0.3) is 0 Å². The highest BCUT2D eigenvalue weighted by molar-refractivity contribution is 7.11. The highest BCUT2D eigenvalue weighted by Crippen LogP contribution is 2.07. The molecule has 0 fully saturated rings. The van der Waals surface area contributed by atoms with Crippen LogP contribution in [-0.2, 0) is 11.2 Å². The zero-order valence-corrected chi connectivity index (χ0v) is 6.18. The summed E-state index contributed by atoms with van der Waals surface area (Å²) in [6, 6.07) is 0. The normalized spacial score (nSPS) is 9.70. The van der Waals surface area contributed by atoms with E-state index in [1.165, 1.54) is 11.3 Å². The third-order valence-electron chi connectivity index (χ3n) is 0.870. The number of carboxylic acids is 1. The Bertz CT molecular complexity index is 246. The van der Waals surface area contributed by atoms with E-state index in [2.05, 4.69) is 10.2 Å². The molecule has 0 aliphatic heterocycles. The number of aliphatic carboxylic acids is 1. The van der Waals surface area contributed by atoms with Gasteiger partial charge in [-0.3, -0.25) is 4.79 Å². The summed E-state index contributed by atoms with van der Waals surface area (Å²) >= 11 is 1.31. The lowest BCUT2D eigenvalue weighted by Gasteiger charge is -1.82. The Kier molecular flexibility index (Phi) is 1.96. The smallest absolute Gasteiger partial charge is 0.310 e. The van der Waals surface area contributed by atoms with Crippen molar-refractivity contribution in [3.63, 3.8) is 0 Å². The molecule has 10 heavy (non-hydrogen) atoms. The fourth-order valence-electron chi connectivity index (χ4n) is 0.538. The van der Waals surface area contributed by atoms with Crippen LogP contribution in [-0.4, -0.2) is 21.3 Å². The summed E-state index contributed by atoms with van der Waals surface area (Å²) in [7, 11) is 0. The molecule has 0 aliphatic carbocycles. The van der Waals surface area contributed by atoms with Crippen LogP contribution in [0, 0.1) is 6.92 Å². The summed E-state index contributed by atoms with van der Waals surface area (Å²) in [6.07, 6.45) is -0.0223. The van der Waals surface area contributed by atoms with E-state index in [0.717, 1.165) is 5.01 Å². The molecule has 0 saturated heterocycles. The lowest BCUT2D eigenvalue weighted by Crippen LogP contribution is -1.98. The topological polar surface area (TPSA) is 63.1 Å². The van der Waals surface area contributed by atoms with Crippen LogP contribution < -0.4 is 0 Å². The molecule has 5 heteroatoms. The van der Waals surface area contributed by atoms with E-state index in [9.17, 15) is 4.79 Å². The Balaban J connectivity index is 2.67. The molecular formula is C5H6N2O2S. The number of rotatable bonds is 2. The Morgan fingerprint density at radius 2 is 2.40 bits per heavy atom. The van der Waals surface area contributed by atoms with Crippen molar-refractivity contribution in [2.45, 2.75) is 13.3 Å². The average Bonchev–Trinajstić information content (AvgIpc) is 2.13. The Morgan fingerprint density at radius 1 is 1.70 bits per heavy atom. The number of aromatic nitrogens is 2. The summed E-state index contributed by atoms with van der Waals surface area (Å²) in [5, 5.41) is 17.0. The first-order valence-corrected chi connectivity index (χ1v) is 3.51. The van der Waals surface area contributed by atoms with Crippen molar-refractivity contribution in [2.75, 3.05) is 0 Å². The predicted molar refractivity (Wildman–Crippen MR) is 36.0 cm³/mol. The molecule has 54 valence electrons. The molecule has 0 unspecified atom stereocenters. The van der Waals surface area contributed by atoms with Gasteiger partial charge in [0.25, 0.3) is 0 Å². The average molecular weight is 158 g/mol. The molecule has 0 radical (unpaired) electrons. The van der Waals surface area contributed by atoms with Gasteiger partial charge in [-0.2, -0.15) is 0 Å². The molecule has 0 bridgehead atoms. The molecule has 4 nitrogen and oxygen atoms in total. The lowest BCUT2D eigenvalue weighted by atomic mass is 10.5. The van der Waals surface area contributed by atoms with Crippen molar-refractivity contribution in [1.29, 1.82) is 0 Å². The Morgan fingerprint density at radius 3 is 2.80 bits per heavy atom. The standard InChI is InChI=1S/C5H6N2O2S/c1-3-6-7-4(10-3)2-5(8)9/h2H2,1H3,(H,8,9). The van der Waals surface area contributed by atoms with Crippen molar-refractivity contribution >= 4 is 17.3 Å². The number of hydrogen-bond acceptors (Lipinski definition) is 4. The maximum atomic E-state index is 10.1. The van der Waals surface area contributed by atoms with Gasteiger partial charge in [-0.05, 0) is 6.92 Å². The zero-order valence-electron chi connectivity index (χ0n) is 5.37. The van der Waals surface area contributed by atoms with E-state index in [1.807, 2.05) is 0 Å². The van der Waals surface area contributed by atoms with Gasteiger partial charge in [0.2, 0.25) is 0 Å². The van der Waals surface area contributed by atoms with Gasteiger partial charge in [0.1, 0.15) is 10.0 Å². The zero-order chi connectivity index (χ0) is 7.56. The first-order chi connectivity index (χ1) is 4.68. The van der Waals surface area contributed by atoms with Crippen molar-refractivity contribution in [2.24, 2.45) is 0 Å². The first-order valence-electron chi connectivity index (χ1n) is 2.69. The van der Waals surface area contributed by atoms with Gasteiger partial charge in [0.05, 0.1) is 6.42 Å². The van der Waals surface area contributed by atoms with E-state index >= 15 is 0 Å². The van der Waals surface area contributed by atoms with Crippen LogP contribution in [0.15, 0.2) is 0 Å². The summed E-state index contributed by atoms with van der Waals surface area (Å²) in [5.74, 6) is -0.865. The minimum Gasteiger partial charge on any atom is -0.481 e. The highest BCUT2D eigenvalue weighted by atomic mass is 32.1. The molecule has 1 aromatic heterocycles. The van der Waals surface area contributed by atoms with E-state index in [-0.39, 0.29) is 6.42 Å². The molecule has 1 aromatic rings. The molecule has 0 spiro atoms. The molecule has 0 aliphatic rings. The summed E-state index contributed by atoms with van der Waals surface area (Å²) in [5.41, 5.74) is 0. The van der Waals surface area contributed by atoms with Crippen LogP contribution >= 0.6 is 11.3 Å². The van der Waals surface area contributed by atoms with E-state index in [0.29, 0.717) is 5.01 Å². The Labute approximate surface area is 61.5 Å². The monoisotopic (exact) mass is 158 g/mol. The molecule has 1 rings (SSSR count). The van der Waals surface area contributed by atoms with Crippen molar-refractivity contribution < 1.29 is 9.90 Å². The summed E-state index contributed by atoms with van der Waals surface area (Å²) in [6.45, 7) is 1.79. The molecule has 0 atom stereocenters. The minimum atomic E-state index is -0.865. The van der Waals surface area contributed by atoms with E-state index in [4.69, 9.17) is 5.11 Å². The van der Waals surface area contributed by atoms with Gasteiger partial charge in [-0.1, -0.05) is 0 Å². The van der Waals surface area contributed by atoms with Gasteiger partial charge < -0.3 is 5.11 Å². The van der Waals surface area contributed by atoms with Crippen LogP contribution in [0.1, 0.15) is 10.0 Å². The largest absolute Gasteiger partial charge is 0.481 e. The molecular weight excluding hydrogens is 152 g/mol. The number of hydrogen-bond donors (Lipinski definition) is 1. The number of carbonyl (C=O) groups is 1. The van der Waals surface area contributed by atoms with Gasteiger partial charge in [0.15, 0.2) is 0 Å². The van der Waals surface area contributed by atoms with E-state index < -0.39 is 5.97 Å². The van der Waals surface area contributed by atoms with Crippen LogP contribution in [0.5, 0.6) is 0 Å². The SMILES string of the molecule is Cc1nnc(CC(=O)O)s1. The Hall–Kier alpha value is -0.970. The molecule has 0 amide bonds. The fraction of sp³-hybridized carbons (Fsp3) is 0.400. The maximum Gasteiger partial charge on any atom is 0.310 e. The van der Waals surface area contributed by atoms with Gasteiger partial charge in [-0.25, -0.2) is 0 Å². The van der Waals surface area contributed by atoms with Crippen molar-refractivity contribution in [1.82, 2.24) is 10.2 Å².